The zero-order valence-electron chi connectivity index (χ0n) is 21.0. The minimum Gasteiger partial charge on any atom is -0.450 e. The van der Waals surface area contributed by atoms with Crippen molar-refractivity contribution in [3.8, 4) is 11.8 Å². The van der Waals surface area contributed by atoms with E-state index in [1.165, 1.54) is 4.90 Å². The lowest BCUT2D eigenvalue weighted by Crippen LogP contribution is -2.45. The maximum absolute atomic E-state index is 12.9. The van der Waals surface area contributed by atoms with Crippen LogP contribution < -0.4 is 0 Å². The Bertz CT molecular complexity index is 778. The molecule has 0 saturated heterocycles. The molecule has 0 aromatic heterocycles. The van der Waals surface area contributed by atoms with Gasteiger partial charge in [0.15, 0.2) is 12.2 Å². The molecule has 4 heteroatoms. The first-order valence-corrected chi connectivity index (χ1v) is 9.05. The molecule has 0 amide bonds. The molecule has 1 atom stereocenters. The van der Waals surface area contributed by atoms with Crippen LogP contribution in [0.5, 0.6) is 0 Å². The monoisotopic (exact) mass is 363 g/mol. The molecule has 1 N–H and O–H groups in total. The first kappa shape index (κ1) is 13.4. The highest BCUT2D eigenvalue weighted by Crippen LogP contribution is 2.40. The van der Waals surface area contributed by atoms with Crippen molar-refractivity contribution in [2.75, 3.05) is 26.2 Å². The average Bonchev–Trinajstić information content (AvgIpc) is 2.71. The number of ether oxygens (including phenoxy) is 1. The van der Waals surface area contributed by atoms with Crippen molar-refractivity contribution in [3.05, 3.63) is 35.9 Å². The molecule has 0 heterocycles. The van der Waals surface area contributed by atoms with Crippen molar-refractivity contribution < 1.29 is 22.9 Å². The number of hydrogen-bond donors (Lipinski definition) is 1. The zero-order chi connectivity index (χ0) is 23.8. The highest BCUT2D eigenvalue weighted by molar-refractivity contribution is 5.81. The van der Waals surface area contributed by atoms with Gasteiger partial charge in [-0.1, -0.05) is 75.1 Å². The Balaban J connectivity index is 2.03. The lowest BCUT2D eigenvalue weighted by Gasteiger charge is -2.36. The van der Waals surface area contributed by atoms with Gasteiger partial charge in [0, 0.05) is 14.1 Å². The summed E-state index contributed by atoms with van der Waals surface area (Å²) < 4.78 is 49.4. The summed E-state index contributed by atoms with van der Waals surface area (Å²) in [5.41, 5.74) is -1.26. The number of carbonyl (C=O) groups is 1. The first-order chi connectivity index (χ1) is 14.9. The number of benzene rings is 1. The Labute approximate surface area is 166 Å². The maximum atomic E-state index is 12.9. The van der Waals surface area contributed by atoms with Gasteiger partial charge < -0.3 is 9.84 Å². The fourth-order valence-electron chi connectivity index (χ4n) is 3.33. The van der Waals surface area contributed by atoms with Gasteiger partial charge in [0.05, 0.1) is 6.54 Å². The van der Waals surface area contributed by atoms with E-state index in [4.69, 9.17) is 13.0 Å². The van der Waals surface area contributed by atoms with Crippen molar-refractivity contribution in [2.24, 2.45) is 5.92 Å². The lowest BCUT2D eigenvalue weighted by atomic mass is 9.73. The van der Waals surface area contributed by atoms with Gasteiger partial charge in [-0.15, -0.1) is 0 Å². The van der Waals surface area contributed by atoms with Crippen molar-refractivity contribution >= 4 is 5.97 Å². The third-order valence-electron chi connectivity index (χ3n) is 4.87. The Morgan fingerprint density at radius 3 is 2.58 bits per heavy atom. The van der Waals surface area contributed by atoms with E-state index in [0.29, 0.717) is 5.56 Å². The van der Waals surface area contributed by atoms with Crippen molar-refractivity contribution in [1.82, 2.24) is 4.90 Å². The molecule has 0 aliphatic heterocycles. The summed E-state index contributed by atoms with van der Waals surface area (Å²) in [6, 6.07) is 8.76. The molecule has 1 aromatic rings. The van der Waals surface area contributed by atoms with Gasteiger partial charge in [0.25, 0.3) is 0 Å². The fraction of sp³-hybridized carbons (Fsp3) is 0.591. The van der Waals surface area contributed by atoms with E-state index in [1.807, 2.05) is 6.07 Å². The minimum atomic E-state index is -2.31. The van der Waals surface area contributed by atoms with Gasteiger partial charge in [0.1, 0.15) is 0 Å². The fourth-order valence-corrected chi connectivity index (χ4v) is 3.33. The predicted molar refractivity (Wildman–Crippen MR) is 103 cm³/mol. The van der Waals surface area contributed by atoms with Crippen LogP contribution in [0.15, 0.2) is 30.3 Å². The van der Waals surface area contributed by atoms with E-state index >= 15 is 0 Å². The van der Waals surface area contributed by atoms with Gasteiger partial charge in [-0.25, -0.2) is 4.79 Å². The summed E-state index contributed by atoms with van der Waals surface area (Å²) in [5.74, 6) is 4.31. The number of hydrogen-bond acceptors (Lipinski definition) is 4. The molecule has 0 spiro atoms. The molecule has 4 nitrogen and oxygen atoms in total. The van der Waals surface area contributed by atoms with E-state index in [9.17, 15) is 9.90 Å². The Kier molecular flexibility index (Phi) is 5.32. The third-order valence-corrected chi connectivity index (χ3v) is 4.87. The van der Waals surface area contributed by atoms with Gasteiger partial charge in [-0.3, -0.25) is 4.90 Å². The van der Waals surface area contributed by atoms with Crippen LogP contribution in [0.25, 0.3) is 0 Å². The molecule has 1 fully saturated rings. The summed E-state index contributed by atoms with van der Waals surface area (Å²) in [4.78, 5) is 14.2. The smallest absolute Gasteiger partial charge is 0.344 e. The van der Waals surface area contributed by atoms with Gasteiger partial charge in [-0.2, -0.15) is 0 Å². The molecule has 0 bridgehead atoms. The van der Waals surface area contributed by atoms with Gasteiger partial charge in [-0.05, 0) is 31.5 Å². The van der Waals surface area contributed by atoms with E-state index in [1.54, 1.807) is 24.3 Å². The van der Waals surface area contributed by atoms with E-state index in [-0.39, 0.29) is 19.1 Å². The molecular formula is C22H31NO3. The summed E-state index contributed by atoms with van der Waals surface area (Å²) in [5, 5.41) is 11.4. The average molecular weight is 364 g/mol. The zero-order valence-corrected chi connectivity index (χ0v) is 15.0. The molecular weight excluding hydrogens is 326 g/mol. The van der Waals surface area contributed by atoms with E-state index in [2.05, 4.69) is 11.8 Å². The van der Waals surface area contributed by atoms with Crippen LogP contribution in [0.1, 0.15) is 59.6 Å². The molecule has 142 valence electrons. The highest BCUT2D eigenvalue weighted by Gasteiger charge is 2.46. The second kappa shape index (κ2) is 10.4. The van der Waals surface area contributed by atoms with E-state index in [0.717, 1.165) is 32.1 Å². The molecule has 2 rings (SSSR count). The largest absolute Gasteiger partial charge is 0.450 e. The van der Waals surface area contributed by atoms with Crippen LogP contribution in [0.3, 0.4) is 0 Å². The molecule has 0 radical (unpaired) electrons. The summed E-state index contributed by atoms with van der Waals surface area (Å²) in [6.45, 7) is -5.81. The highest BCUT2D eigenvalue weighted by atomic mass is 16.5. The van der Waals surface area contributed by atoms with Crippen LogP contribution in [0.4, 0.5) is 0 Å². The first-order valence-electron chi connectivity index (χ1n) is 12.0. The number of rotatable bonds is 7. The molecule has 1 saturated carbocycles. The van der Waals surface area contributed by atoms with Crippen molar-refractivity contribution in [3.63, 3.8) is 0 Å². The summed E-state index contributed by atoms with van der Waals surface area (Å²) >= 11 is 0. The standard InChI is InChI=1S/C22H31NO3/c1-3-23(4-2)17-11-12-18-26-21(24)22(25,19-13-7-5-8-14-19)20-15-9-6-10-16-20/h5,7-8,13-14,20,25H,3-4,6,9-10,15-18H2,1-2H3/i1D3,2D3. The maximum Gasteiger partial charge on any atom is 0.344 e. The molecule has 26 heavy (non-hydrogen) atoms. The lowest BCUT2D eigenvalue weighted by molar-refractivity contribution is -0.174. The van der Waals surface area contributed by atoms with Gasteiger partial charge >= 0.3 is 5.97 Å². The Morgan fingerprint density at radius 2 is 1.92 bits per heavy atom. The van der Waals surface area contributed by atoms with Crippen LogP contribution in [0, 0.1) is 17.8 Å². The van der Waals surface area contributed by atoms with Crippen molar-refractivity contribution in [2.45, 2.75) is 51.4 Å². The molecule has 1 aromatic carbocycles. The van der Waals surface area contributed by atoms with Crippen LogP contribution >= 0.6 is 0 Å². The third kappa shape index (κ3) is 5.09. The number of esters is 1. The molecule has 1 unspecified atom stereocenters. The predicted octanol–water partition coefficient (Wildman–Crippen LogP) is 3.34. The Morgan fingerprint density at radius 1 is 1.23 bits per heavy atom. The summed E-state index contributed by atoms with van der Waals surface area (Å²) in [6.07, 6.45) is 4.41. The number of nitrogens with zero attached hydrogens (tertiary/aromatic N) is 1. The Hall–Kier alpha value is -1.83. The van der Waals surface area contributed by atoms with E-state index < -0.39 is 38.4 Å². The topological polar surface area (TPSA) is 49.8 Å². The number of aliphatic hydroxyl groups is 1. The second-order valence-corrected chi connectivity index (χ2v) is 6.54. The minimum absolute atomic E-state index is 0.0834. The number of carbonyl (C=O) groups excluding carboxylic acids is 1. The molecule has 1 aliphatic rings. The van der Waals surface area contributed by atoms with Gasteiger partial charge in [0.2, 0.25) is 0 Å². The van der Waals surface area contributed by atoms with Crippen LogP contribution in [-0.4, -0.2) is 42.2 Å². The van der Waals surface area contributed by atoms with Crippen LogP contribution in [-0.2, 0) is 15.1 Å². The quantitative estimate of drug-likeness (QED) is 0.596. The molecule has 1 aliphatic carbocycles. The summed E-state index contributed by atoms with van der Waals surface area (Å²) in [7, 11) is 0. The van der Waals surface area contributed by atoms with Crippen LogP contribution in [0.2, 0.25) is 0 Å². The SMILES string of the molecule is [2H]C([2H])([2H])CN(CC#CCOC(=O)C(O)(c1ccccc1)C1CCCCC1)CC([2H])([2H])[2H]. The van der Waals surface area contributed by atoms with Crippen molar-refractivity contribution in [1.29, 1.82) is 0 Å². The normalized spacial score (nSPS) is 21.6. The second-order valence-electron chi connectivity index (χ2n) is 6.54.